The van der Waals surface area contributed by atoms with E-state index in [2.05, 4.69) is 13.8 Å². The Morgan fingerprint density at radius 1 is 0.703 bits per heavy atom. The second-order valence-corrected chi connectivity index (χ2v) is 10.5. The van der Waals surface area contributed by atoms with Gasteiger partial charge in [0.15, 0.2) is 11.5 Å². The standard InChI is InChI=1S/C33H36O4/c1-3-5-9-22-11-7-13-26(17-22)32(34)36-30-20-28-24-15-16-25(19-24)29(28)21-31(30)37-33(35)27-14-8-12-23(18-27)10-6-4-2/h7-8,11-14,17-18,20-21,24-25H,3-6,9-10,15-16,19H2,1-2H3. The van der Waals surface area contributed by atoms with Gasteiger partial charge in [-0.25, -0.2) is 9.59 Å². The Morgan fingerprint density at radius 3 is 1.59 bits per heavy atom. The monoisotopic (exact) mass is 496 g/mol. The molecule has 0 aliphatic heterocycles. The number of benzene rings is 3. The van der Waals surface area contributed by atoms with Gasteiger partial charge in [0.2, 0.25) is 0 Å². The molecule has 0 amide bonds. The fraction of sp³-hybridized carbons (Fsp3) is 0.394. The van der Waals surface area contributed by atoms with Crippen molar-refractivity contribution < 1.29 is 19.1 Å². The maximum absolute atomic E-state index is 13.2. The minimum atomic E-state index is -0.430. The van der Waals surface area contributed by atoms with Gasteiger partial charge < -0.3 is 9.47 Å². The van der Waals surface area contributed by atoms with Gasteiger partial charge in [-0.3, -0.25) is 0 Å². The van der Waals surface area contributed by atoms with Crippen LogP contribution in [0.4, 0.5) is 0 Å². The zero-order valence-electron chi connectivity index (χ0n) is 21.9. The summed E-state index contributed by atoms with van der Waals surface area (Å²) in [4.78, 5) is 26.4. The molecular formula is C33H36O4. The molecule has 2 unspecified atom stereocenters. The normalized spacial score (nSPS) is 17.5. The molecule has 4 nitrogen and oxygen atoms in total. The van der Waals surface area contributed by atoms with Crippen LogP contribution in [0.3, 0.4) is 0 Å². The fourth-order valence-electron chi connectivity index (χ4n) is 5.79. The van der Waals surface area contributed by atoms with Crippen molar-refractivity contribution in [1.29, 1.82) is 0 Å². The Hall–Kier alpha value is -3.40. The minimum Gasteiger partial charge on any atom is -0.419 e. The first-order chi connectivity index (χ1) is 18.1. The topological polar surface area (TPSA) is 52.6 Å². The van der Waals surface area contributed by atoms with Crippen molar-refractivity contribution in [1.82, 2.24) is 0 Å². The lowest BCUT2D eigenvalue weighted by Gasteiger charge is -2.19. The number of esters is 2. The molecule has 0 radical (unpaired) electrons. The van der Waals surface area contributed by atoms with Gasteiger partial charge in [-0.05, 0) is 115 Å². The van der Waals surface area contributed by atoms with Crippen molar-refractivity contribution >= 4 is 11.9 Å². The van der Waals surface area contributed by atoms with E-state index in [1.165, 1.54) is 11.1 Å². The van der Waals surface area contributed by atoms with E-state index < -0.39 is 11.9 Å². The molecule has 2 bridgehead atoms. The van der Waals surface area contributed by atoms with Crippen molar-refractivity contribution in [3.63, 3.8) is 0 Å². The summed E-state index contributed by atoms with van der Waals surface area (Å²) in [6.07, 6.45) is 9.66. The van der Waals surface area contributed by atoms with Crippen LogP contribution in [0.2, 0.25) is 0 Å². The third-order valence-electron chi connectivity index (χ3n) is 7.83. The van der Waals surface area contributed by atoms with Gasteiger partial charge in [-0.15, -0.1) is 0 Å². The molecule has 37 heavy (non-hydrogen) atoms. The van der Waals surface area contributed by atoms with Gasteiger partial charge in [-0.1, -0.05) is 51.0 Å². The molecule has 0 heterocycles. The van der Waals surface area contributed by atoms with Crippen molar-refractivity contribution in [2.45, 2.75) is 83.5 Å². The van der Waals surface area contributed by atoms with Crippen LogP contribution in [-0.4, -0.2) is 11.9 Å². The average molecular weight is 497 g/mol. The largest absolute Gasteiger partial charge is 0.419 e. The van der Waals surface area contributed by atoms with E-state index in [1.54, 1.807) is 12.1 Å². The summed E-state index contributed by atoms with van der Waals surface area (Å²) in [7, 11) is 0. The van der Waals surface area contributed by atoms with E-state index >= 15 is 0 Å². The molecule has 0 spiro atoms. The Morgan fingerprint density at radius 2 is 1.16 bits per heavy atom. The summed E-state index contributed by atoms with van der Waals surface area (Å²) in [6.45, 7) is 4.31. The van der Waals surface area contributed by atoms with Gasteiger partial charge in [0, 0.05) is 0 Å². The molecule has 3 aromatic carbocycles. The summed E-state index contributed by atoms with van der Waals surface area (Å²) in [5, 5.41) is 0. The number of carbonyl (C=O) groups is 2. The van der Waals surface area contributed by atoms with Crippen LogP contribution in [0.15, 0.2) is 60.7 Å². The zero-order chi connectivity index (χ0) is 25.8. The maximum atomic E-state index is 13.2. The summed E-state index contributed by atoms with van der Waals surface area (Å²) >= 11 is 0. The molecule has 192 valence electrons. The number of hydrogen-bond donors (Lipinski definition) is 0. The minimum absolute atomic E-state index is 0.325. The van der Waals surface area contributed by atoms with Crippen LogP contribution < -0.4 is 9.47 Å². The molecule has 1 saturated carbocycles. The number of aryl methyl sites for hydroxylation is 2. The maximum Gasteiger partial charge on any atom is 0.343 e. The summed E-state index contributed by atoms with van der Waals surface area (Å²) < 4.78 is 11.8. The Balaban J connectivity index is 1.41. The SMILES string of the molecule is CCCCc1cccc(C(=O)Oc2cc3c(cc2OC(=O)c2cccc(CCCC)c2)C2CCC3C2)c1. The number of unbranched alkanes of at least 4 members (excludes halogenated alkanes) is 2. The summed E-state index contributed by atoms with van der Waals surface area (Å²) in [5.74, 6) is 0.779. The van der Waals surface area contributed by atoms with E-state index in [1.807, 2.05) is 48.5 Å². The van der Waals surface area contributed by atoms with Crippen molar-refractivity contribution in [2.75, 3.05) is 0 Å². The van der Waals surface area contributed by atoms with Crippen molar-refractivity contribution in [3.05, 3.63) is 94.0 Å². The Labute approximate surface area is 220 Å². The van der Waals surface area contributed by atoms with Gasteiger partial charge >= 0.3 is 11.9 Å². The quantitative estimate of drug-likeness (QED) is 0.210. The summed E-state index contributed by atoms with van der Waals surface area (Å²) in [5.41, 5.74) is 5.73. The molecule has 2 aliphatic carbocycles. The lowest BCUT2D eigenvalue weighted by atomic mass is 9.91. The molecule has 0 aromatic heterocycles. The van der Waals surface area contributed by atoms with Crippen molar-refractivity contribution in [3.8, 4) is 11.5 Å². The lowest BCUT2D eigenvalue weighted by Crippen LogP contribution is -2.14. The molecule has 2 aliphatic rings. The third-order valence-corrected chi connectivity index (χ3v) is 7.83. The highest BCUT2D eigenvalue weighted by molar-refractivity contribution is 5.93. The van der Waals surface area contributed by atoms with E-state index in [4.69, 9.17) is 9.47 Å². The predicted octanol–water partition coefficient (Wildman–Crippen LogP) is 8.17. The number of carbonyl (C=O) groups excluding carboxylic acids is 2. The highest BCUT2D eigenvalue weighted by atomic mass is 16.6. The van der Waals surface area contributed by atoms with Crippen LogP contribution in [0.25, 0.3) is 0 Å². The number of rotatable bonds is 10. The van der Waals surface area contributed by atoms with E-state index in [9.17, 15) is 9.59 Å². The first-order valence-electron chi connectivity index (χ1n) is 13.9. The van der Waals surface area contributed by atoms with Gasteiger partial charge in [-0.2, -0.15) is 0 Å². The van der Waals surface area contributed by atoms with Crippen molar-refractivity contribution in [2.24, 2.45) is 0 Å². The average Bonchev–Trinajstić information content (AvgIpc) is 3.54. The molecule has 1 fully saturated rings. The Bertz CT molecular complexity index is 1190. The molecule has 3 aromatic rings. The van der Waals surface area contributed by atoms with Crippen LogP contribution in [-0.2, 0) is 12.8 Å². The highest BCUT2D eigenvalue weighted by Gasteiger charge is 2.38. The molecule has 4 heteroatoms. The third kappa shape index (κ3) is 5.64. The first-order valence-corrected chi connectivity index (χ1v) is 13.9. The highest BCUT2D eigenvalue weighted by Crippen LogP contribution is 2.55. The van der Waals surface area contributed by atoms with Gasteiger partial charge in [0.1, 0.15) is 0 Å². The molecular weight excluding hydrogens is 460 g/mol. The van der Waals surface area contributed by atoms with Crippen LogP contribution in [0.5, 0.6) is 11.5 Å². The predicted molar refractivity (Wildman–Crippen MR) is 146 cm³/mol. The number of fused-ring (bicyclic) bond motifs is 5. The number of ether oxygens (including phenoxy) is 2. The number of hydrogen-bond acceptors (Lipinski definition) is 4. The van der Waals surface area contributed by atoms with Crippen LogP contribution in [0.1, 0.15) is 114 Å². The summed E-state index contributed by atoms with van der Waals surface area (Å²) in [6, 6.07) is 19.1. The smallest absolute Gasteiger partial charge is 0.343 e. The van der Waals surface area contributed by atoms with Gasteiger partial charge in [0.25, 0.3) is 0 Å². The van der Waals surface area contributed by atoms with Gasteiger partial charge in [0.05, 0.1) is 11.1 Å². The second-order valence-electron chi connectivity index (χ2n) is 10.5. The molecule has 2 atom stereocenters. The zero-order valence-corrected chi connectivity index (χ0v) is 21.9. The molecule has 0 N–H and O–H groups in total. The molecule has 5 rings (SSSR count). The molecule has 0 saturated heterocycles. The van der Waals surface area contributed by atoms with E-state index in [-0.39, 0.29) is 0 Å². The second kappa shape index (κ2) is 11.3. The fourth-order valence-corrected chi connectivity index (χ4v) is 5.79. The van der Waals surface area contributed by atoms with Crippen LogP contribution in [0, 0.1) is 0 Å². The first kappa shape index (κ1) is 25.3. The van der Waals surface area contributed by atoms with Crippen LogP contribution >= 0.6 is 0 Å². The van der Waals surface area contributed by atoms with E-state index in [0.717, 1.165) is 68.9 Å². The lowest BCUT2D eigenvalue weighted by molar-refractivity contribution is 0.0682. The van der Waals surface area contributed by atoms with E-state index in [0.29, 0.717) is 34.5 Å². The Kier molecular flexibility index (Phi) is 7.73.